The first-order valence-electron chi connectivity index (χ1n) is 6.07. The maximum absolute atomic E-state index is 3.54. The van der Waals surface area contributed by atoms with Crippen LogP contribution in [0.3, 0.4) is 0 Å². The van der Waals surface area contributed by atoms with Crippen LogP contribution in [0.25, 0.3) is 0 Å². The second-order valence-corrected chi connectivity index (χ2v) is 5.18. The number of nitrogens with zero attached hydrogens (tertiary/aromatic N) is 1. The molecule has 1 N–H and O–H groups in total. The van der Waals surface area contributed by atoms with E-state index in [1.165, 1.54) is 32.5 Å². The van der Waals surface area contributed by atoms with Gasteiger partial charge in [0.15, 0.2) is 0 Å². The van der Waals surface area contributed by atoms with Crippen LogP contribution in [0.1, 0.15) is 40.5 Å². The Labute approximate surface area is 89.1 Å². The van der Waals surface area contributed by atoms with E-state index in [4.69, 9.17) is 0 Å². The van der Waals surface area contributed by atoms with Crippen LogP contribution in [-0.2, 0) is 0 Å². The van der Waals surface area contributed by atoms with Crippen molar-refractivity contribution in [2.75, 3.05) is 19.6 Å². The maximum Gasteiger partial charge on any atom is 0.0166 e. The van der Waals surface area contributed by atoms with Gasteiger partial charge < -0.3 is 5.32 Å². The van der Waals surface area contributed by atoms with Crippen molar-refractivity contribution < 1.29 is 0 Å². The van der Waals surface area contributed by atoms with Crippen LogP contribution in [0.5, 0.6) is 0 Å². The fraction of sp³-hybridized carbons (Fsp3) is 1.00. The smallest absolute Gasteiger partial charge is 0.0166 e. The van der Waals surface area contributed by atoms with Gasteiger partial charge in [-0.1, -0.05) is 13.8 Å². The minimum absolute atomic E-state index is 0.659. The zero-order valence-electron chi connectivity index (χ0n) is 10.2. The van der Waals surface area contributed by atoms with Crippen LogP contribution in [0.2, 0.25) is 0 Å². The zero-order valence-corrected chi connectivity index (χ0v) is 10.2. The first kappa shape index (κ1) is 12.0. The van der Waals surface area contributed by atoms with Gasteiger partial charge in [-0.2, -0.15) is 0 Å². The van der Waals surface area contributed by atoms with Crippen LogP contribution in [0, 0.1) is 5.92 Å². The Bertz CT molecular complexity index is 156. The summed E-state index contributed by atoms with van der Waals surface area (Å²) in [6.07, 6.45) is 2.62. The van der Waals surface area contributed by atoms with E-state index in [0.717, 1.165) is 12.0 Å². The average Bonchev–Trinajstić information content (AvgIpc) is 2.28. The van der Waals surface area contributed by atoms with Crippen molar-refractivity contribution in [1.82, 2.24) is 10.2 Å². The zero-order chi connectivity index (χ0) is 10.6. The summed E-state index contributed by atoms with van der Waals surface area (Å²) in [7, 11) is 0. The molecule has 0 aromatic heterocycles. The predicted molar refractivity (Wildman–Crippen MR) is 62.6 cm³/mol. The van der Waals surface area contributed by atoms with Crippen LogP contribution in [0.4, 0.5) is 0 Å². The van der Waals surface area contributed by atoms with Gasteiger partial charge in [-0.15, -0.1) is 0 Å². The van der Waals surface area contributed by atoms with Gasteiger partial charge in [0, 0.05) is 18.6 Å². The first-order valence-corrected chi connectivity index (χ1v) is 6.07. The van der Waals surface area contributed by atoms with E-state index < -0.39 is 0 Å². The second kappa shape index (κ2) is 5.72. The highest BCUT2D eigenvalue weighted by Gasteiger charge is 2.19. The standard InChI is InChI=1S/C12H26N2/c1-10(2)8-12(4)14-7-5-6-13-11(3)9-14/h10-13H,5-9H2,1-4H3. The Morgan fingerprint density at radius 2 is 2.07 bits per heavy atom. The average molecular weight is 198 g/mol. The van der Waals surface area contributed by atoms with Gasteiger partial charge >= 0.3 is 0 Å². The number of hydrogen-bond acceptors (Lipinski definition) is 2. The maximum atomic E-state index is 3.54. The van der Waals surface area contributed by atoms with Gasteiger partial charge in [-0.3, -0.25) is 4.90 Å². The van der Waals surface area contributed by atoms with Gasteiger partial charge in [-0.25, -0.2) is 0 Å². The van der Waals surface area contributed by atoms with Crippen molar-refractivity contribution in [3.63, 3.8) is 0 Å². The molecule has 2 nitrogen and oxygen atoms in total. The number of hydrogen-bond donors (Lipinski definition) is 1. The van der Waals surface area contributed by atoms with Gasteiger partial charge in [0.25, 0.3) is 0 Å². The molecule has 1 heterocycles. The molecule has 1 aliphatic heterocycles. The van der Waals surface area contributed by atoms with Crippen molar-refractivity contribution in [3.8, 4) is 0 Å². The molecule has 14 heavy (non-hydrogen) atoms. The summed E-state index contributed by atoms with van der Waals surface area (Å²) in [5.41, 5.74) is 0. The molecule has 2 heteroatoms. The quantitative estimate of drug-likeness (QED) is 0.747. The monoisotopic (exact) mass is 198 g/mol. The molecule has 0 aromatic carbocycles. The Kier molecular flexibility index (Phi) is 4.90. The molecular formula is C12H26N2. The van der Waals surface area contributed by atoms with E-state index in [2.05, 4.69) is 37.9 Å². The fourth-order valence-corrected chi connectivity index (χ4v) is 2.37. The summed E-state index contributed by atoms with van der Waals surface area (Å²) in [4.78, 5) is 2.64. The summed E-state index contributed by atoms with van der Waals surface area (Å²) in [5.74, 6) is 0.816. The van der Waals surface area contributed by atoms with Crippen molar-refractivity contribution in [1.29, 1.82) is 0 Å². The van der Waals surface area contributed by atoms with E-state index in [1.54, 1.807) is 0 Å². The van der Waals surface area contributed by atoms with Crippen LogP contribution in [-0.4, -0.2) is 36.6 Å². The third kappa shape index (κ3) is 3.97. The lowest BCUT2D eigenvalue weighted by Crippen LogP contribution is -2.40. The number of rotatable bonds is 3. The second-order valence-electron chi connectivity index (χ2n) is 5.18. The van der Waals surface area contributed by atoms with Crippen LogP contribution in [0.15, 0.2) is 0 Å². The molecule has 1 saturated heterocycles. The summed E-state index contributed by atoms with van der Waals surface area (Å²) in [6, 6.07) is 1.41. The summed E-state index contributed by atoms with van der Waals surface area (Å²) >= 11 is 0. The van der Waals surface area contributed by atoms with E-state index in [9.17, 15) is 0 Å². The third-order valence-electron chi connectivity index (χ3n) is 3.06. The third-order valence-corrected chi connectivity index (χ3v) is 3.06. The lowest BCUT2D eigenvalue weighted by atomic mass is 10.0. The van der Waals surface area contributed by atoms with Gasteiger partial charge in [-0.05, 0) is 45.7 Å². The SMILES string of the molecule is CC(C)CC(C)N1CCCNC(C)C1. The van der Waals surface area contributed by atoms with Crippen molar-refractivity contribution >= 4 is 0 Å². The molecule has 84 valence electrons. The highest BCUT2D eigenvalue weighted by Crippen LogP contribution is 2.13. The van der Waals surface area contributed by atoms with Gasteiger partial charge in [0.2, 0.25) is 0 Å². The molecule has 0 aromatic rings. The van der Waals surface area contributed by atoms with E-state index in [0.29, 0.717) is 6.04 Å². The van der Waals surface area contributed by atoms with E-state index >= 15 is 0 Å². The minimum Gasteiger partial charge on any atom is -0.313 e. The van der Waals surface area contributed by atoms with Crippen molar-refractivity contribution in [3.05, 3.63) is 0 Å². The molecule has 1 aliphatic rings. The molecule has 0 spiro atoms. The van der Waals surface area contributed by atoms with Gasteiger partial charge in [0.1, 0.15) is 0 Å². The predicted octanol–water partition coefficient (Wildman–Crippen LogP) is 2.10. The highest BCUT2D eigenvalue weighted by molar-refractivity contribution is 4.77. The van der Waals surface area contributed by atoms with E-state index in [1.807, 2.05) is 0 Å². The topological polar surface area (TPSA) is 15.3 Å². The van der Waals surface area contributed by atoms with Crippen LogP contribution < -0.4 is 5.32 Å². The molecule has 0 radical (unpaired) electrons. The Morgan fingerprint density at radius 3 is 2.71 bits per heavy atom. The minimum atomic E-state index is 0.659. The molecular weight excluding hydrogens is 172 g/mol. The summed E-state index contributed by atoms with van der Waals surface area (Å²) < 4.78 is 0. The molecule has 0 aliphatic carbocycles. The summed E-state index contributed by atoms with van der Waals surface area (Å²) in [5, 5.41) is 3.54. The number of nitrogens with one attached hydrogen (secondary N) is 1. The Morgan fingerprint density at radius 1 is 1.36 bits per heavy atom. The Hall–Kier alpha value is -0.0800. The molecule has 1 fully saturated rings. The molecule has 0 amide bonds. The fourth-order valence-electron chi connectivity index (χ4n) is 2.37. The molecule has 2 unspecified atom stereocenters. The normalized spacial score (nSPS) is 27.6. The largest absolute Gasteiger partial charge is 0.313 e. The highest BCUT2D eigenvalue weighted by atomic mass is 15.2. The molecule has 0 bridgehead atoms. The van der Waals surface area contributed by atoms with Crippen LogP contribution >= 0.6 is 0 Å². The first-order chi connectivity index (χ1) is 6.59. The molecule has 2 atom stereocenters. The molecule has 0 saturated carbocycles. The van der Waals surface area contributed by atoms with Gasteiger partial charge in [0.05, 0.1) is 0 Å². The van der Waals surface area contributed by atoms with E-state index in [-0.39, 0.29) is 0 Å². The van der Waals surface area contributed by atoms with Crippen molar-refractivity contribution in [2.45, 2.75) is 52.6 Å². The lowest BCUT2D eigenvalue weighted by molar-refractivity contribution is 0.186. The Balaban J connectivity index is 2.39. The lowest BCUT2D eigenvalue weighted by Gasteiger charge is -2.30. The summed E-state index contributed by atoms with van der Waals surface area (Å²) in [6.45, 7) is 13.0. The molecule has 1 rings (SSSR count). The van der Waals surface area contributed by atoms with Crippen molar-refractivity contribution in [2.24, 2.45) is 5.92 Å².